The summed E-state index contributed by atoms with van der Waals surface area (Å²) in [6.07, 6.45) is 2.27. The number of benzene rings is 2. The van der Waals surface area contributed by atoms with Gasteiger partial charge in [-0.25, -0.2) is 4.98 Å². The number of hydrogen-bond donors (Lipinski definition) is 1. The average Bonchev–Trinajstić information content (AvgIpc) is 2.89. The zero-order chi connectivity index (χ0) is 17.1. The van der Waals surface area contributed by atoms with Gasteiger partial charge in [0.05, 0.1) is 16.3 Å². The number of nitrogens with one attached hydrogen (secondary N) is 1. The van der Waals surface area contributed by atoms with E-state index in [4.69, 9.17) is 4.98 Å². The Hall–Kier alpha value is -1.75. The number of hydrogen-bond acceptors (Lipinski definition) is 4. The maximum Gasteiger partial charge on any atom is 0.116 e. The summed E-state index contributed by atoms with van der Waals surface area (Å²) in [5, 5.41) is 4.74. The fourth-order valence-corrected chi connectivity index (χ4v) is 4.71. The lowest BCUT2D eigenvalue weighted by atomic mass is 10.0. The van der Waals surface area contributed by atoms with E-state index in [-0.39, 0.29) is 6.04 Å². The number of aromatic nitrogens is 1. The average molecular weight is 352 g/mol. The molecule has 1 aliphatic rings. The predicted octanol–water partition coefficient (Wildman–Crippen LogP) is 4.24. The molecule has 0 amide bonds. The minimum atomic E-state index is 0.253. The maximum atomic E-state index is 4.99. The summed E-state index contributed by atoms with van der Waals surface area (Å²) in [5.74, 6) is 0. The van der Waals surface area contributed by atoms with Gasteiger partial charge in [0.2, 0.25) is 0 Å². The molecule has 25 heavy (non-hydrogen) atoms. The highest BCUT2D eigenvalue weighted by Gasteiger charge is 2.26. The van der Waals surface area contributed by atoms with E-state index in [1.807, 2.05) is 11.3 Å². The summed E-state index contributed by atoms with van der Waals surface area (Å²) < 4.78 is 1.28. The molecule has 130 valence electrons. The Labute approximate surface area is 153 Å². The second-order valence-electron chi connectivity index (χ2n) is 6.66. The molecular weight excluding hydrogens is 326 g/mol. The lowest BCUT2D eigenvalue weighted by molar-refractivity contribution is 0.241. The number of aryl methyl sites for hydroxylation is 1. The van der Waals surface area contributed by atoms with Crippen molar-refractivity contribution in [2.45, 2.75) is 25.8 Å². The van der Waals surface area contributed by atoms with Crippen molar-refractivity contribution in [3.05, 3.63) is 64.7 Å². The van der Waals surface area contributed by atoms with Crippen LogP contribution in [0.15, 0.2) is 48.5 Å². The van der Waals surface area contributed by atoms with Crippen LogP contribution in [0.3, 0.4) is 0 Å². The molecule has 2 heterocycles. The van der Waals surface area contributed by atoms with Crippen molar-refractivity contribution in [1.29, 1.82) is 0 Å². The maximum absolute atomic E-state index is 4.99. The van der Waals surface area contributed by atoms with E-state index in [9.17, 15) is 0 Å². The van der Waals surface area contributed by atoms with E-state index < -0.39 is 0 Å². The molecule has 1 aliphatic heterocycles. The minimum Gasteiger partial charge on any atom is -0.315 e. The molecule has 1 N–H and O–H groups in total. The highest BCUT2D eigenvalue weighted by Crippen LogP contribution is 2.34. The number of nitrogens with zero attached hydrogens (tertiary/aromatic N) is 2. The Balaban J connectivity index is 1.75. The molecular formula is C21H25N3S. The van der Waals surface area contributed by atoms with Crippen LogP contribution in [-0.2, 0) is 6.42 Å². The van der Waals surface area contributed by atoms with Crippen molar-refractivity contribution in [2.75, 3.05) is 26.2 Å². The topological polar surface area (TPSA) is 28.2 Å². The molecule has 1 aromatic heterocycles. The standard InChI is InChI=1S/C21H25N3S/c1-2-16-8-10-17(11-9-16)20(24-14-5-12-22-13-15-24)21-23-18-6-3-4-7-19(18)25-21/h3-4,6-11,20,22H,2,5,12-15H2,1H3. The monoisotopic (exact) mass is 351 g/mol. The third-order valence-electron chi connectivity index (χ3n) is 4.99. The van der Waals surface area contributed by atoms with E-state index >= 15 is 0 Å². The first kappa shape index (κ1) is 16.7. The number of thiazole rings is 1. The summed E-state index contributed by atoms with van der Waals surface area (Å²) in [5.41, 5.74) is 3.87. The molecule has 1 saturated heterocycles. The SMILES string of the molecule is CCc1ccc(C(c2nc3ccccc3s2)N2CCCNCC2)cc1. The van der Waals surface area contributed by atoms with Gasteiger partial charge in [-0.2, -0.15) is 0 Å². The van der Waals surface area contributed by atoms with Crippen LogP contribution in [0.2, 0.25) is 0 Å². The summed E-state index contributed by atoms with van der Waals surface area (Å²) in [4.78, 5) is 7.59. The van der Waals surface area contributed by atoms with Gasteiger partial charge in [0.25, 0.3) is 0 Å². The first-order valence-corrected chi connectivity index (χ1v) is 10.1. The smallest absolute Gasteiger partial charge is 0.116 e. The molecule has 4 rings (SSSR count). The van der Waals surface area contributed by atoms with Gasteiger partial charge in [0.1, 0.15) is 5.01 Å². The van der Waals surface area contributed by atoms with E-state index in [1.54, 1.807) is 0 Å². The van der Waals surface area contributed by atoms with Gasteiger partial charge in [0, 0.05) is 19.6 Å². The molecule has 4 heteroatoms. The molecule has 3 aromatic rings. The van der Waals surface area contributed by atoms with E-state index in [0.29, 0.717) is 0 Å². The highest BCUT2D eigenvalue weighted by atomic mass is 32.1. The van der Waals surface area contributed by atoms with Crippen LogP contribution < -0.4 is 5.32 Å². The van der Waals surface area contributed by atoms with Crippen LogP contribution >= 0.6 is 11.3 Å². The summed E-state index contributed by atoms with van der Waals surface area (Å²) in [6.45, 7) is 6.55. The minimum absolute atomic E-state index is 0.253. The molecule has 2 aromatic carbocycles. The first-order chi connectivity index (χ1) is 12.3. The lowest BCUT2D eigenvalue weighted by Crippen LogP contribution is -2.33. The Bertz CT molecular complexity index is 784. The number of fused-ring (bicyclic) bond motifs is 1. The molecule has 0 spiro atoms. The van der Waals surface area contributed by atoms with Crippen molar-refractivity contribution in [3.63, 3.8) is 0 Å². The van der Waals surface area contributed by atoms with Crippen LogP contribution in [0.25, 0.3) is 10.2 Å². The van der Waals surface area contributed by atoms with Gasteiger partial charge in [0.15, 0.2) is 0 Å². The lowest BCUT2D eigenvalue weighted by Gasteiger charge is -2.29. The molecule has 1 fully saturated rings. The van der Waals surface area contributed by atoms with Gasteiger partial charge < -0.3 is 5.32 Å². The van der Waals surface area contributed by atoms with Crippen LogP contribution in [0.4, 0.5) is 0 Å². The Morgan fingerprint density at radius 2 is 1.92 bits per heavy atom. The Morgan fingerprint density at radius 3 is 2.72 bits per heavy atom. The highest BCUT2D eigenvalue weighted by molar-refractivity contribution is 7.18. The fourth-order valence-electron chi connectivity index (χ4n) is 3.58. The second-order valence-corrected chi connectivity index (χ2v) is 7.72. The molecule has 3 nitrogen and oxygen atoms in total. The van der Waals surface area contributed by atoms with Crippen molar-refractivity contribution >= 4 is 21.6 Å². The third kappa shape index (κ3) is 3.61. The summed E-state index contributed by atoms with van der Waals surface area (Å²) in [7, 11) is 0. The van der Waals surface area contributed by atoms with Crippen molar-refractivity contribution in [3.8, 4) is 0 Å². The number of rotatable bonds is 4. The molecule has 0 radical (unpaired) electrons. The quantitative estimate of drug-likeness (QED) is 0.762. The normalized spacial score (nSPS) is 17.5. The van der Waals surface area contributed by atoms with E-state index in [0.717, 1.165) is 38.1 Å². The van der Waals surface area contributed by atoms with E-state index in [1.165, 1.54) is 27.3 Å². The summed E-state index contributed by atoms with van der Waals surface area (Å²) in [6, 6.07) is 17.9. The molecule has 1 unspecified atom stereocenters. The van der Waals surface area contributed by atoms with Gasteiger partial charge in [-0.1, -0.05) is 43.3 Å². The van der Waals surface area contributed by atoms with Crippen molar-refractivity contribution in [1.82, 2.24) is 15.2 Å². The van der Waals surface area contributed by atoms with Crippen LogP contribution in [0, 0.1) is 0 Å². The first-order valence-electron chi connectivity index (χ1n) is 9.24. The second kappa shape index (κ2) is 7.65. The van der Waals surface area contributed by atoms with Gasteiger partial charge in [-0.3, -0.25) is 4.90 Å². The van der Waals surface area contributed by atoms with Gasteiger partial charge >= 0.3 is 0 Å². The molecule has 1 atom stereocenters. The van der Waals surface area contributed by atoms with Crippen molar-refractivity contribution in [2.24, 2.45) is 0 Å². The van der Waals surface area contributed by atoms with Crippen molar-refractivity contribution < 1.29 is 0 Å². The Morgan fingerprint density at radius 1 is 1.08 bits per heavy atom. The molecule has 0 aliphatic carbocycles. The zero-order valence-electron chi connectivity index (χ0n) is 14.7. The van der Waals surface area contributed by atoms with Crippen LogP contribution in [-0.4, -0.2) is 36.1 Å². The molecule has 0 bridgehead atoms. The zero-order valence-corrected chi connectivity index (χ0v) is 15.6. The van der Waals surface area contributed by atoms with Gasteiger partial charge in [-0.15, -0.1) is 11.3 Å². The third-order valence-corrected chi connectivity index (χ3v) is 6.08. The van der Waals surface area contributed by atoms with E-state index in [2.05, 4.69) is 65.7 Å². The largest absolute Gasteiger partial charge is 0.315 e. The fraction of sp³-hybridized carbons (Fsp3) is 0.381. The van der Waals surface area contributed by atoms with Crippen LogP contribution in [0.5, 0.6) is 0 Å². The van der Waals surface area contributed by atoms with Gasteiger partial charge in [-0.05, 0) is 42.6 Å². The van der Waals surface area contributed by atoms with Crippen LogP contribution in [0.1, 0.15) is 35.5 Å². The Kier molecular flexibility index (Phi) is 5.11. The number of para-hydroxylation sites is 1. The predicted molar refractivity (Wildman–Crippen MR) is 106 cm³/mol. The summed E-state index contributed by atoms with van der Waals surface area (Å²) >= 11 is 1.84. The molecule has 0 saturated carbocycles.